The number of methoxy groups -OCH3 is 1. The number of piperidine rings is 1. The van der Waals surface area contributed by atoms with E-state index in [-0.39, 0.29) is 5.92 Å². The van der Waals surface area contributed by atoms with Gasteiger partial charge in [-0.25, -0.2) is 0 Å². The predicted octanol–water partition coefficient (Wildman–Crippen LogP) is 2.44. The van der Waals surface area contributed by atoms with E-state index in [0.717, 1.165) is 38.1 Å². The molecular weight excluding hydrogens is 238 g/mol. The zero-order valence-corrected chi connectivity index (χ0v) is 11.8. The fourth-order valence-electron chi connectivity index (χ4n) is 2.91. The van der Waals surface area contributed by atoms with Gasteiger partial charge in [-0.2, -0.15) is 0 Å². The third kappa shape index (κ3) is 3.80. The Morgan fingerprint density at radius 3 is 2.74 bits per heavy atom. The first-order valence-corrected chi connectivity index (χ1v) is 7.05. The van der Waals surface area contributed by atoms with Crippen LogP contribution in [0.2, 0.25) is 0 Å². The largest absolute Gasteiger partial charge is 0.497 e. The molecule has 1 fully saturated rings. The SMILES string of the molecule is COc1ccc(CCC2CNCC[C@@H]2C(C)=O)cc1. The fourth-order valence-corrected chi connectivity index (χ4v) is 2.91. The third-order valence-corrected chi connectivity index (χ3v) is 4.09. The van der Waals surface area contributed by atoms with Crippen molar-refractivity contribution in [1.29, 1.82) is 0 Å². The van der Waals surface area contributed by atoms with E-state index in [1.807, 2.05) is 12.1 Å². The van der Waals surface area contributed by atoms with Crippen LogP contribution in [0, 0.1) is 11.8 Å². The van der Waals surface area contributed by atoms with Gasteiger partial charge in [0.1, 0.15) is 11.5 Å². The first-order valence-electron chi connectivity index (χ1n) is 7.05. The minimum atomic E-state index is 0.250. The number of nitrogens with one attached hydrogen (secondary N) is 1. The second kappa shape index (κ2) is 6.71. The summed E-state index contributed by atoms with van der Waals surface area (Å²) in [6, 6.07) is 8.21. The molecule has 2 rings (SSSR count). The molecule has 0 bridgehead atoms. The Bertz CT molecular complexity index is 413. The van der Waals surface area contributed by atoms with Crippen LogP contribution in [0.4, 0.5) is 0 Å². The molecule has 1 aliphatic rings. The molecule has 3 heteroatoms. The molecule has 1 saturated heterocycles. The molecule has 0 saturated carbocycles. The van der Waals surface area contributed by atoms with E-state index in [4.69, 9.17) is 4.74 Å². The number of carbonyl (C=O) groups excluding carboxylic acids is 1. The van der Waals surface area contributed by atoms with Gasteiger partial charge in [-0.1, -0.05) is 12.1 Å². The second-order valence-electron chi connectivity index (χ2n) is 5.36. The van der Waals surface area contributed by atoms with Crippen molar-refractivity contribution in [2.24, 2.45) is 11.8 Å². The van der Waals surface area contributed by atoms with Crippen LogP contribution in [0.5, 0.6) is 5.75 Å². The van der Waals surface area contributed by atoms with Gasteiger partial charge >= 0.3 is 0 Å². The highest BCUT2D eigenvalue weighted by molar-refractivity contribution is 5.78. The molecule has 3 nitrogen and oxygen atoms in total. The average molecular weight is 261 g/mol. The highest BCUT2D eigenvalue weighted by atomic mass is 16.5. The highest BCUT2D eigenvalue weighted by Gasteiger charge is 2.27. The molecule has 19 heavy (non-hydrogen) atoms. The van der Waals surface area contributed by atoms with Crippen LogP contribution in [0.3, 0.4) is 0 Å². The minimum Gasteiger partial charge on any atom is -0.497 e. The van der Waals surface area contributed by atoms with Gasteiger partial charge in [0.15, 0.2) is 0 Å². The zero-order chi connectivity index (χ0) is 13.7. The Morgan fingerprint density at radius 2 is 2.11 bits per heavy atom. The number of Topliss-reactive ketones (excluding diaryl/α,β-unsaturated/α-hetero) is 1. The van der Waals surface area contributed by atoms with E-state index in [2.05, 4.69) is 17.4 Å². The number of carbonyl (C=O) groups is 1. The number of benzene rings is 1. The normalized spacial score (nSPS) is 23.1. The van der Waals surface area contributed by atoms with E-state index in [1.54, 1.807) is 14.0 Å². The van der Waals surface area contributed by atoms with Crippen molar-refractivity contribution >= 4 is 5.78 Å². The van der Waals surface area contributed by atoms with Gasteiger partial charge in [-0.3, -0.25) is 4.79 Å². The number of ketones is 1. The van der Waals surface area contributed by atoms with Crippen molar-refractivity contribution in [2.75, 3.05) is 20.2 Å². The summed E-state index contributed by atoms with van der Waals surface area (Å²) in [7, 11) is 1.68. The Hall–Kier alpha value is -1.35. The molecule has 1 aliphatic heterocycles. The Morgan fingerprint density at radius 1 is 1.37 bits per heavy atom. The molecule has 2 atom stereocenters. The lowest BCUT2D eigenvalue weighted by atomic mass is 9.80. The lowest BCUT2D eigenvalue weighted by Gasteiger charge is -2.30. The Balaban J connectivity index is 1.90. The van der Waals surface area contributed by atoms with Crippen molar-refractivity contribution in [2.45, 2.75) is 26.2 Å². The van der Waals surface area contributed by atoms with Gasteiger partial charge in [0.2, 0.25) is 0 Å². The summed E-state index contributed by atoms with van der Waals surface area (Å²) in [5, 5.41) is 3.40. The van der Waals surface area contributed by atoms with Crippen LogP contribution in [-0.2, 0) is 11.2 Å². The summed E-state index contributed by atoms with van der Waals surface area (Å²) < 4.78 is 5.16. The van der Waals surface area contributed by atoms with Crippen molar-refractivity contribution in [1.82, 2.24) is 5.32 Å². The van der Waals surface area contributed by atoms with Crippen LogP contribution in [0.1, 0.15) is 25.3 Å². The molecule has 0 radical (unpaired) electrons. The molecule has 1 aromatic rings. The monoisotopic (exact) mass is 261 g/mol. The molecule has 104 valence electrons. The van der Waals surface area contributed by atoms with Gasteiger partial charge < -0.3 is 10.1 Å². The number of hydrogen-bond donors (Lipinski definition) is 1. The smallest absolute Gasteiger partial charge is 0.133 e. The van der Waals surface area contributed by atoms with Gasteiger partial charge in [0, 0.05) is 5.92 Å². The first kappa shape index (κ1) is 14.1. The standard InChI is InChI=1S/C16H23NO2/c1-12(18)16-9-10-17-11-14(16)6-3-13-4-7-15(19-2)8-5-13/h4-5,7-8,14,16-17H,3,6,9-11H2,1-2H3/t14?,16-/m1/s1. The van der Waals surface area contributed by atoms with E-state index < -0.39 is 0 Å². The van der Waals surface area contributed by atoms with E-state index in [0.29, 0.717) is 11.7 Å². The number of rotatable bonds is 5. The molecule has 1 heterocycles. The molecule has 0 spiro atoms. The van der Waals surface area contributed by atoms with Crippen LogP contribution >= 0.6 is 0 Å². The molecule has 1 unspecified atom stereocenters. The maximum atomic E-state index is 11.7. The molecule has 0 aromatic heterocycles. The van der Waals surface area contributed by atoms with Gasteiger partial charge in [-0.05, 0) is 62.9 Å². The van der Waals surface area contributed by atoms with Crippen molar-refractivity contribution in [3.05, 3.63) is 29.8 Å². The number of aryl methyl sites for hydroxylation is 1. The average Bonchev–Trinajstić information content (AvgIpc) is 2.46. The molecule has 1 aromatic carbocycles. The minimum absolute atomic E-state index is 0.250. The molecule has 1 N–H and O–H groups in total. The number of ether oxygens (including phenoxy) is 1. The Kier molecular flexibility index (Phi) is 4.97. The highest BCUT2D eigenvalue weighted by Crippen LogP contribution is 2.25. The van der Waals surface area contributed by atoms with E-state index in [9.17, 15) is 4.79 Å². The molecule has 0 aliphatic carbocycles. The van der Waals surface area contributed by atoms with E-state index >= 15 is 0 Å². The van der Waals surface area contributed by atoms with Gasteiger partial charge in [0.25, 0.3) is 0 Å². The summed E-state index contributed by atoms with van der Waals surface area (Å²) in [5.74, 6) is 1.97. The fraction of sp³-hybridized carbons (Fsp3) is 0.562. The summed E-state index contributed by atoms with van der Waals surface area (Å²) >= 11 is 0. The summed E-state index contributed by atoms with van der Waals surface area (Å²) in [5.41, 5.74) is 1.31. The van der Waals surface area contributed by atoms with Crippen LogP contribution in [0.25, 0.3) is 0 Å². The Labute approximate surface area is 115 Å². The summed E-state index contributed by atoms with van der Waals surface area (Å²) in [4.78, 5) is 11.7. The van der Waals surface area contributed by atoms with Gasteiger partial charge in [0.05, 0.1) is 7.11 Å². The second-order valence-corrected chi connectivity index (χ2v) is 5.36. The zero-order valence-electron chi connectivity index (χ0n) is 11.8. The van der Waals surface area contributed by atoms with Crippen LogP contribution in [-0.4, -0.2) is 26.0 Å². The molecular formula is C16H23NO2. The third-order valence-electron chi connectivity index (χ3n) is 4.09. The summed E-state index contributed by atoms with van der Waals surface area (Å²) in [6.45, 7) is 3.68. The van der Waals surface area contributed by atoms with Crippen molar-refractivity contribution in [3.63, 3.8) is 0 Å². The first-order chi connectivity index (χ1) is 9.20. The molecule has 0 amide bonds. The maximum Gasteiger partial charge on any atom is 0.133 e. The summed E-state index contributed by atoms with van der Waals surface area (Å²) in [6.07, 6.45) is 3.09. The van der Waals surface area contributed by atoms with Gasteiger partial charge in [-0.15, -0.1) is 0 Å². The maximum absolute atomic E-state index is 11.7. The predicted molar refractivity (Wildman–Crippen MR) is 76.5 cm³/mol. The lowest BCUT2D eigenvalue weighted by molar-refractivity contribution is -0.123. The quantitative estimate of drug-likeness (QED) is 0.884. The van der Waals surface area contributed by atoms with E-state index in [1.165, 1.54) is 5.56 Å². The van der Waals surface area contributed by atoms with Crippen LogP contribution in [0.15, 0.2) is 24.3 Å². The van der Waals surface area contributed by atoms with Crippen molar-refractivity contribution in [3.8, 4) is 5.75 Å². The number of hydrogen-bond acceptors (Lipinski definition) is 3. The van der Waals surface area contributed by atoms with Crippen LogP contribution < -0.4 is 10.1 Å². The van der Waals surface area contributed by atoms with Crippen molar-refractivity contribution < 1.29 is 9.53 Å². The topological polar surface area (TPSA) is 38.3 Å². The lowest BCUT2D eigenvalue weighted by Crippen LogP contribution is -2.39.